The number of piperidine rings is 1. The number of hydrogen-bond donors (Lipinski definition) is 5. The first-order chi connectivity index (χ1) is 31.5. The number of halogens is 2. The predicted octanol–water partition coefficient (Wildman–Crippen LogP) is 8.57. The van der Waals surface area contributed by atoms with Gasteiger partial charge in [0.25, 0.3) is 0 Å². The third kappa shape index (κ3) is 10.5. The molecule has 65 heavy (non-hydrogen) atoms. The van der Waals surface area contributed by atoms with Crippen molar-refractivity contribution in [1.82, 2.24) is 15.2 Å². The van der Waals surface area contributed by atoms with E-state index in [0.717, 1.165) is 59.9 Å². The number of H-pyrrole nitrogens is 1. The molecule has 2 atom stereocenters. The molecular formula is C52H49F2N3O7S. The molecule has 5 aromatic carbocycles. The quantitative estimate of drug-likeness (QED) is 0.0447. The van der Waals surface area contributed by atoms with E-state index in [0.29, 0.717) is 22.1 Å². The average Bonchev–Trinajstić information content (AvgIpc) is 3.81. The van der Waals surface area contributed by atoms with Crippen molar-refractivity contribution in [3.05, 3.63) is 194 Å². The van der Waals surface area contributed by atoms with Gasteiger partial charge < -0.3 is 30.4 Å². The third-order valence-electron chi connectivity index (χ3n) is 12.1. The first kappa shape index (κ1) is 45.2. The summed E-state index contributed by atoms with van der Waals surface area (Å²) in [4.78, 5) is 45.5. The van der Waals surface area contributed by atoms with Gasteiger partial charge in [-0.15, -0.1) is 11.3 Å². The van der Waals surface area contributed by atoms with Crippen LogP contribution >= 0.6 is 11.3 Å². The first-order valence-electron chi connectivity index (χ1n) is 21.6. The molecule has 10 nitrogen and oxygen atoms in total. The van der Waals surface area contributed by atoms with Gasteiger partial charge in [0.2, 0.25) is 11.2 Å². The number of fused-ring (bicyclic) bond motifs is 1. The summed E-state index contributed by atoms with van der Waals surface area (Å²) in [5, 5.41) is 36.6. The highest BCUT2D eigenvalue weighted by atomic mass is 32.1. The second kappa shape index (κ2) is 20.2. The second-order valence-electron chi connectivity index (χ2n) is 16.5. The topological polar surface area (TPSA) is 152 Å². The Morgan fingerprint density at radius 2 is 1.60 bits per heavy atom. The van der Waals surface area contributed by atoms with Crippen LogP contribution in [0.1, 0.15) is 68.4 Å². The lowest BCUT2D eigenvalue weighted by molar-refractivity contribution is -0.164. The lowest BCUT2D eigenvalue weighted by Gasteiger charge is -2.33. The van der Waals surface area contributed by atoms with Crippen molar-refractivity contribution in [3.63, 3.8) is 0 Å². The molecule has 7 aromatic rings. The Hall–Kier alpha value is -6.35. The number of phenolic OH excluding ortho intramolecular Hbond substituents is 1. The molecule has 3 heterocycles. The van der Waals surface area contributed by atoms with Gasteiger partial charge in [0, 0.05) is 58.4 Å². The molecule has 0 amide bonds. The normalized spacial score (nSPS) is 14.8. The Morgan fingerprint density at radius 3 is 2.37 bits per heavy atom. The number of likely N-dealkylation sites (tertiary alicyclic amines) is 1. The number of aliphatic hydroxyl groups excluding tert-OH is 1. The fourth-order valence-corrected chi connectivity index (χ4v) is 9.41. The summed E-state index contributed by atoms with van der Waals surface area (Å²) >= 11 is 1.42. The van der Waals surface area contributed by atoms with E-state index in [1.165, 1.54) is 41.2 Å². The summed E-state index contributed by atoms with van der Waals surface area (Å²) in [6.07, 6.45) is 0.859. The van der Waals surface area contributed by atoms with E-state index in [2.05, 4.69) is 27.3 Å². The Bertz CT molecular complexity index is 2850. The fraction of sp³-hybridized carbons (Fsp3) is 0.250. The number of aryl methyl sites for hydroxylation is 1. The van der Waals surface area contributed by atoms with Gasteiger partial charge in [0.05, 0.1) is 23.8 Å². The molecule has 0 bridgehead atoms. The molecule has 0 aliphatic carbocycles. The van der Waals surface area contributed by atoms with Crippen LogP contribution in [0.15, 0.2) is 138 Å². The standard InChI is InChI=1S/C52H49F2N3O7S/c53-43-28-42(44(54)27-36(43)29-55-30-47(60)40-16-19-46(59)50-41(40)17-21-49(61)56-50)45(58)18-14-39-15-20-48(65-39)35-10-7-13-38(26-35)52(63,37-11-5-2-6-12-37)51(62)64-32-34-22-24-57(25-23-34)31-33-8-3-1-4-9-33/h1-13,15-17,19-21,26-28,34,47,55,59-60,63H,14,18,22-25,29-32H2,(H,56,61)/t47-,52-/m0/s1. The molecule has 0 radical (unpaired) electrons. The van der Waals surface area contributed by atoms with Crippen LogP contribution in [0, 0.1) is 17.6 Å². The number of carbonyl (C=O) groups excluding carboxylic acids is 2. The lowest BCUT2D eigenvalue weighted by atomic mass is 9.85. The van der Waals surface area contributed by atoms with Gasteiger partial charge in [0.15, 0.2) is 5.78 Å². The number of esters is 1. The Balaban J connectivity index is 0.874. The Kier molecular flexibility index (Phi) is 14.1. The number of Topliss-reactive ketones (excluding diaryl/α,β-unsaturated/α-hetero) is 1. The highest BCUT2D eigenvalue weighted by Gasteiger charge is 2.42. The van der Waals surface area contributed by atoms with Gasteiger partial charge >= 0.3 is 5.97 Å². The van der Waals surface area contributed by atoms with Gasteiger partial charge in [-0.05, 0) is 103 Å². The van der Waals surface area contributed by atoms with Gasteiger partial charge in [-0.1, -0.05) is 84.9 Å². The van der Waals surface area contributed by atoms with Crippen molar-refractivity contribution in [1.29, 1.82) is 0 Å². The SMILES string of the molecule is O=C(CCc1ccc(-c2cccc([C@](O)(C(=O)OCC3CCN(Cc4ccccc4)CC3)c3ccccc3)c2)s1)c1cc(F)c(CNC[C@H](O)c2ccc(O)c3[nH]c(=O)ccc23)cc1F. The molecule has 1 aliphatic rings. The molecule has 0 spiro atoms. The van der Waals surface area contributed by atoms with E-state index in [4.69, 9.17) is 4.74 Å². The molecule has 1 aliphatic heterocycles. The van der Waals surface area contributed by atoms with Crippen molar-refractivity contribution in [2.45, 2.75) is 50.5 Å². The van der Waals surface area contributed by atoms with Crippen LogP contribution in [-0.2, 0) is 34.6 Å². The van der Waals surface area contributed by atoms with Crippen LogP contribution < -0.4 is 10.9 Å². The maximum Gasteiger partial charge on any atom is 0.347 e. The minimum atomic E-state index is -2.07. The number of thiophene rings is 1. The first-order valence-corrected chi connectivity index (χ1v) is 22.4. The number of ketones is 1. The largest absolute Gasteiger partial charge is 0.506 e. The van der Waals surface area contributed by atoms with E-state index >= 15 is 8.78 Å². The number of aromatic nitrogens is 1. The lowest BCUT2D eigenvalue weighted by Crippen LogP contribution is -2.40. The number of nitrogens with one attached hydrogen (secondary N) is 2. The number of aromatic hydroxyl groups is 1. The maximum atomic E-state index is 15.3. The summed E-state index contributed by atoms with van der Waals surface area (Å²) in [5.41, 5.74) is 0.474. The zero-order valence-corrected chi connectivity index (χ0v) is 36.3. The van der Waals surface area contributed by atoms with Crippen LogP contribution in [0.4, 0.5) is 8.78 Å². The summed E-state index contributed by atoms with van der Waals surface area (Å²) < 4.78 is 36.4. The van der Waals surface area contributed by atoms with E-state index < -0.39 is 40.7 Å². The van der Waals surface area contributed by atoms with Crippen molar-refractivity contribution in [2.75, 3.05) is 26.2 Å². The van der Waals surface area contributed by atoms with Crippen LogP contribution in [0.3, 0.4) is 0 Å². The van der Waals surface area contributed by atoms with E-state index in [1.54, 1.807) is 42.5 Å². The summed E-state index contributed by atoms with van der Waals surface area (Å²) in [6, 6.07) is 37.5. The summed E-state index contributed by atoms with van der Waals surface area (Å²) in [5.74, 6) is -2.92. The molecule has 8 rings (SSSR count). The molecule has 13 heteroatoms. The zero-order valence-electron chi connectivity index (χ0n) is 35.5. The molecule has 2 aromatic heterocycles. The molecule has 0 unspecified atom stereocenters. The van der Waals surface area contributed by atoms with Gasteiger partial charge in [-0.3, -0.25) is 14.5 Å². The molecule has 1 saturated heterocycles. The van der Waals surface area contributed by atoms with Gasteiger partial charge in [-0.2, -0.15) is 0 Å². The zero-order chi connectivity index (χ0) is 45.5. The monoisotopic (exact) mass is 897 g/mol. The van der Waals surface area contributed by atoms with Crippen molar-refractivity contribution >= 4 is 34.0 Å². The molecule has 5 N–H and O–H groups in total. The minimum absolute atomic E-state index is 0.0286. The summed E-state index contributed by atoms with van der Waals surface area (Å²) in [6.45, 7) is 2.68. The number of carbonyl (C=O) groups is 2. The number of aliphatic hydroxyl groups is 2. The van der Waals surface area contributed by atoms with E-state index in [-0.39, 0.29) is 60.8 Å². The maximum absolute atomic E-state index is 15.3. The van der Waals surface area contributed by atoms with Crippen molar-refractivity contribution < 1.29 is 38.4 Å². The molecular weight excluding hydrogens is 849 g/mol. The summed E-state index contributed by atoms with van der Waals surface area (Å²) in [7, 11) is 0. The Morgan fingerprint density at radius 1 is 0.862 bits per heavy atom. The van der Waals surface area contributed by atoms with Crippen LogP contribution in [-0.4, -0.2) is 63.2 Å². The minimum Gasteiger partial charge on any atom is -0.506 e. The highest BCUT2D eigenvalue weighted by Crippen LogP contribution is 2.37. The number of ether oxygens (including phenoxy) is 1. The fourth-order valence-electron chi connectivity index (χ4n) is 8.41. The highest BCUT2D eigenvalue weighted by molar-refractivity contribution is 7.15. The second-order valence-corrected chi connectivity index (χ2v) is 17.7. The van der Waals surface area contributed by atoms with Crippen LogP contribution in [0.5, 0.6) is 5.75 Å². The van der Waals surface area contributed by atoms with Crippen LogP contribution in [0.2, 0.25) is 0 Å². The number of pyridine rings is 1. The smallest absolute Gasteiger partial charge is 0.347 e. The number of rotatable bonds is 17. The molecule has 0 saturated carbocycles. The van der Waals surface area contributed by atoms with Crippen molar-refractivity contribution in [2.24, 2.45) is 5.92 Å². The number of aromatic amines is 1. The Labute approximate surface area is 378 Å². The van der Waals surface area contributed by atoms with Crippen molar-refractivity contribution in [3.8, 4) is 16.2 Å². The molecule has 334 valence electrons. The number of benzene rings is 5. The average molecular weight is 898 g/mol. The van der Waals surface area contributed by atoms with E-state index in [9.17, 15) is 29.7 Å². The number of nitrogens with zero attached hydrogens (tertiary/aromatic N) is 1. The van der Waals surface area contributed by atoms with Gasteiger partial charge in [0.1, 0.15) is 17.4 Å². The van der Waals surface area contributed by atoms with Crippen LogP contribution in [0.25, 0.3) is 21.3 Å². The number of hydrogen-bond acceptors (Lipinski definition) is 10. The number of phenols is 1. The predicted molar refractivity (Wildman–Crippen MR) is 247 cm³/mol. The van der Waals surface area contributed by atoms with E-state index in [1.807, 2.05) is 42.5 Å². The third-order valence-corrected chi connectivity index (χ3v) is 13.3. The van der Waals surface area contributed by atoms with Gasteiger partial charge in [-0.25, -0.2) is 13.6 Å². The molecule has 1 fully saturated rings.